The molecule has 0 N–H and O–H groups in total. The van der Waals surface area contributed by atoms with E-state index in [2.05, 4.69) is 30.9 Å². The Kier molecular flexibility index (Phi) is 8.96. The van der Waals surface area contributed by atoms with Crippen LogP contribution in [-0.4, -0.2) is 48.5 Å². The summed E-state index contributed by atoms with van der Waals surface area (Å²) in [6, 6.07) is 8.76. The van der Waals surface area contributed by atoms with Gasteiger partial charge >= 0.3 is 0 Å². The number of ether oxygens (including phenoxy) is 1. The van der Waals surface area contributed by atoms with Crippen LogP contribution in [0.3, 0.4) is 0 Å². The first-order chi connectivity index (χ1) is 12.6. The first kappa shape index (κ1) is 20.8. The van der Waals surface area contributed by atoms with Gasteiger partial charge in [0, 0.05) is 32.1 Å². The second-order valence-corrected chi connectivity index (χ2v) is 7.50. The van der Waals surface area contributed by atoms with Crippen molar-refractivity contribution in [1.29, 1.82) is 0 Å². The molecule has 4 nitrogen and oxygen atoms in total. The van der Waals surface area contributed by atoms with Crippen molar-refractivity contribution in [2.75, 3.05) is 26.7 Å². The second-order valence-electron chi connectivity index (χ2n) is 7.50. The molecule has 0 saturated carbocycles. The van der Waals surface area contributed by atoms with Crippen molar-refractivity contribution in [3.8, 4) is 5.75 Å². The molecule has 0 spiro atoms. The van der Waals surface area contributed by atoms with Crippen LogP contribution in [0.4, 0.5) is 0 Å². The number of amides is 1. The van der Waals surface area contributed by atoms with Gasteiger partial charge < -0.3 is 14.5 Å². The fourth-order valence-corrected chi connectivity index (χ4v) is 3.68. The van der Waals surface area contributed by atoms with Crippen molar-refractivity contribution < 1.29 is 9.53 Å². The van der Waals surface area contributed by atoms with Gasteiger partial charge in [-0.25, -0.2) is 0 Å². The molecule has 1 aliphatic heterocycles. The maximum Gasteiger partial charge on any atom is 0.222 e. The summed E-state index contributed by atoms with van der Waals surface area (Å²) in [5.74, 6) is 1.14. The van der Waals surface area contributed by atoms with Crippen molar-refractivity contribution in [1.82, 2.24) is 9.80 Å². The highest BCUT2D eigenvalue weighted by Crippen LogP contribution is 2.18. The van der Waals surface area contributed by atoms with Gasteiger partial charge in [-0.3, -0.25) is 4.79 Å². The summed E-state index contributed by atoms with van der Waals surface area (Å²) in [5.41, 5.74) is 1.17. The van der Waals surface area contributed by atoms with Crippen LogP contribution in [0, 0.1) is 0 Å². The van der Waals surface area contributed by atoms with Crippen molar-refractivity contribution >= 4 is 5.91 Å². The Morgan fingerprint density at radius 1 is 1.23 bits per heavy atom. The van der Waals surface area contributed by atoms with Gasteiger partial charge in [-0.2, -0.15) is 0 Å². The molecule has 1 aromatic carbocycles. The number of carbonyl (C=O) groups excluding carboxylic acids is 1. The van der Waals surface area contributed by atoms with E-state index in [1.54, 1.807) is 7.11 Å². The molecule has 0 aliphatic carbocycles. The van der Waals surface area contributed by atoms with Crippen LogP contribution in [0.1, 0.15) is 64.4 Å². The highest BCUT2D eigenvalue weighted by Gasteiger charge is 2.19. The summed E-state index contributed by atoms with van der Waals surface area (Å²) < 4.78 is 5.23. The molecular formula is C22H36N2O2. The zero-order chi connectivity index (χ0) is 18.8. The largest absolute Gasteiger partial charge is 0.497 e. The molecule has 0 bridgehead atoms. The third-order valence-corrected chi connectivity index (χ3v) is 5.44. The van der Waals surface area contributed by atoms with Crippen molar-refractivity contribution in [3.05, 3.63) is 29.8 Å². The molecule has 2 rings (SSSR count). The Hall–Kier alpha value is -1.55. The molecule has 1 unspecified atom stereocenters. The van der Waals surface area contributed by atoms with Gasteiger partial charge in [0.2, 0.25) is 5.91 Å². The van der Waals surface area contributed by atoms with E-state index < -0.39 is 0 Å². The van der Waals surface area contributed by atoms with E-state index in [-0.39, 0.29) is 5.91 Å². The molecule has 146 valence electrons. The number of carbonyl (C=O) groups is 1. The molecule has 4 heteroatoms. The lowest BCUT2D eigenvalue weighted by Crippen LogP contribution is -2.40. The molecule has 1 heterocycles. The number of nitrogens with zero attached hydrogens (tertiary/aromatic N) is 2. The minimum atomic E-state index is 0.286. The van der Waals surface area contributed by atoms with E-state index in [9.17, 15) is 4.79 Å². The lowest BCUT2D eigenvalue weighted by atomic mass is 10.0. The Bertz CT molecular complexity index is 529. The number of piperidine rings is 1. The normalized spacial score (nSPS) is 17.9. The molecule has 1 aromatic rings. The van der Waals surface area contributed by atoms with Gasteiger partial charge in [0.05, 0.1) is 7.11 Å². The highest BCUT2D eigenvalue weighted by atomic mass is 16.5. The van der Waals surface area contributed by atoms with Gasteiger partial charge in [-0.05, 0) is 56.8 Å². The Morgan fingerprint density at radius 2 is 2.00 bits per heavy atom. The molecule has 0 radical (unpaired) electrons. The molecule has 0 aromatic heterocycles. The number of hydrogen-bond donors (Lipinski definition) is 0. The van der Waals surface area contributed by atoms with Gasteiger partial charge in [0.1, 0.15) is 5.75 Å². The maximum absolute atomic E-state index is 12.7. The monoisotopic (exact) mass is 360 g/mol. The summed E-state index contributed by atoms with van der Waals surface area (Å²) in [6.45, 7) is 8.32. The van der Waals surface area contributed by atoms with Crippen molar-refractivity contribution in [2.24, 2.45) is 0 Å². The summed E-state index contributed by atoms with van der Waals surface area (Å²) in [5, 5.41) is 0. The maximum atomic E-state index is 12.7. The third-order valence-electron chi connectivity index (χ3n) is 5.44. The first-order valence-corrected chi connectivity index (χ1v) is 10.3. The lowest BCUT2D eigenvalue weighted by Gasteiger charge is -2.34. The number of unbranched alkanes of at least 4 members (excludes halogenated alkanes) is 1. The molecule has 1 amide bonds. The number of methoxy groups -OCH3 is 1. The van der Waals surface area contributed by atoms with Crippen LogP contribution < -0.4 is 4.74 Å². The third kappa shape index (κ3) is 6.64. The predicted octanol–water partition coefficient (Wildman–Crippen LogP) is 4.48. The van der Waals surface area contributed by atoms with Crippen LogP contribution in [0.15, 0.2) is 24.3 Å². The quantitative estimate of drug-likeness (QED) is 0.617. The Labute approximate surface area is 159 Å². The summed E-state index contributed by atoms with van der Waals surface area (Å²) in [6.07, 6.45) is 7.73. The predicted molar refractivity (Wildman–Crippen MR) is 107 cm³/mol. The smallest absolute Gasteiger partial charge is 0.222 e. The van der Waals surface area contributed by atoms with Crippen LogP contribution in [-0.2, 0) is 11.3 Å². The van der Waals surface area contributed by atoms with Gasteiger partial charge in [-0.1, -0.05) is 31.9 Å². The minimum absolute atomic E-state index is 0.286. The number of hydrogen-bond acceptors (Lipinski definition) is 3. The molecular weight excluding hydrogens is 324 g/mol. The number of likely N-dealkylation sites (tertiary alicyclic amines) is 1. The van der Waals surface area contributed by atoms with Crippen molar-refractivity contribution in [2.45, 2.75) is 71.4 Å². The zero-order valence-electron chi connectivity index (χ0n) is 16.9. The van der Waals surface area contributed by atoms with Crippen LogP contribution in [0.25, 0.3) is 0 Å². The van der Waals surface area contributed by atoms with E-state index in [1.807, 2.05) is 17.0 Å². The Balaban J connectivity index is 1.90. The van der Waals surface area contributed by atoms with Crippen LogP contribution in [0.5, 0.6) is 5.75 Å². The van der Waals surface area contributed by atoms with E-state index >= 15 is 0 Å². The first-order valence-electron chi connectivity index (χ1n) is 10.3. The van der Waals surface area contributed by atoms with E-state index in [1.165, 1.54) is 31.4 Å². The van der Waals surface area contributed by atoms with Crippen LogP contribution >= 0.6 is 0 Å². The van der Waals surface area contributed by atoms with Crippen molar-refractivity contribution in [3.63, 3.8) is 0 Å². The molecule has 1 saturated heterocycles. The number of rotatable bonds is 10. The average Bonchev–Trinajstić information content (AvgIpc) is 2.67. The Morgan fingerprint density at radius 3 is 2.65 bits per heavy atom. The summed E-state index contributed by atoms with van der Waals surface area (Å²) in [7, 11) is 1.68. The fraction of sp³-hybridized carbons (Fsp3) is 0.682. The summed E-state index contributed by atoms with van der Waals surface area (Å²) in [4.78, 5) is 17.3. The van der Waals surface area contributed by atoms with E-state index in [4.69, 9.17) is 4.74 Å². The van der Waals surface area contributed by atoms with Gasteiger partial charge in [0.25, 0.3) is 0 Å². The molecule has 1 aliphatic rings. The summed E-state index contributed by atoms with van der Waals surface area (Å²) >= 11 is 0. The molecule has 1 atom stereocenters. The average molecular weight is 361 g/mol. The van der Waals surface area contributed by atoms with Gasteiger partial charge in [0.15, 0.2) is 0 Å². The van der Waals surface area contributed by atoms with Crippen LogP contribution in [0.2, 0.25) is 0 Å². The fourth-order valence-electron chi connectivity index (χ4n) is 3.68. The van der Waals surface area contributed by atoms with Gasteiger partial charge in [-0.15, -0.1) is 0 Å². The standard InChI is InChI=1S/C22H36N2O2/c1-4-5-10-22(25)24(18-20-11-13-21(26-3)14-12-20)17-8-16-23-15-7-6-9-19(23)2/h11-14,19H,4-10,15-18H2,1-3H3. The zero-order valence-corrected chi connectivity index (χ0v) is 16.9. The second kappa shape index (κ2) is 11.2. The van der Waals surface area contributed by atoms with E-state index in [0.717, 1.165) is 38.1 Å². The highest BCUT2D eigenvalue weighted by molar-refractivity contribution is 5.76. The van der Waals surface area contributed by atoms with E-state index in [0.29, 0.717) is 19.0 Å². The number of benzene rings is 1. The minimum Gasteiger partial charge on any atom is -0.497 e. The SMILES string of the molecule is CCCCC(=O)N(CCCN1CCCCC1C)Cc1ccc(OC)cc1. The lowest BCUT2D eigenvalue weighted by molar-refractivity contribution is -0.132. The molecule has 1 fully saturated rings. The molecule has 26 heavy (non-hydrogen) atoms. The topological polar surface area (TPSA) is 32.8 Å².